The van der Waals surface area contributed by atoms with Crippen molar-refractivity contribution in [2.45, 2.75) is 6.04 Å². The van der Waals surface area contributed by atoms with Gasteiger partial charge in [-0.2, -0.15) is 5.10 Å². The molecule has 1 amide bonds. The minimum atomic E-state index is -0.461. The highest BCUT2D eigenvalue weighted by molar-refractivity contribution is 5.92. The average Bonchev–Trinajstić information content (AvgIpc) is 3.37. The van der Waals surface area contributed by atoms with Gasteiger partial charge in [0.25, 0.3) is 11.6 Å². The molecular weight excluding hydrogens is 398 g/mol. The molecule has 1 aliphatic heterocycles. The molecule has 1 aromatic carbocycles. The van der Waals surface area contributed by atoms with Crippen LogP contribution in [0.5, 0.6) is 0 Å². The summed E-state index contributed by atoms with van der Waals surface area (Å²) in [4.78, 5) is 29.8. The van der Waals surface area contributed by atoms with Gasteiger partial charge in [0.2, 0.25) is 0 Å². The average molecular weight is 418 g/mol. The Morgan fingerprint density at radius 2 is 2.14 bits per heavy atom. The first-order valence-electron chi connectivity index (χ1n) is 8.84. The molecule has 0 spiro atoms. The number of hydrogen-bond acceptors (Lipinski definition) is 6. The molecule has 1 aliphatic rings. The summed E-state index contributed by atoms with van der Waals surface area (Å²) in [6.07, 6.45) is 5.19. The van der Waals surface area contributed by atoms with E-state index in [0.29, 0.717) is 25.3 Å². The Bertz CT molecular complexity index is 1030. The topological polar surface area (TPSA) is 111 Å². The number of hydrogen-bond donors (Lipinski definition) is 1. The number of nitro benzene ring substituents is 1. The third-order valence-corrected chi connectivity index (χ3v) is 4.77. The van der Waals surface area contributed by atoms with Crippen molar-refractivity contribution in [2.75, 3.05) is 19.6 Å². The summed E-state index contributed by atoms with van der Waals surface area (Å²) in [5.41, 5.74) is 0.777. The highest BCUT2D eigenvalue weighted by Gasteiger charge is 2.32. The minimum Gasteiger partial charge on any atom is -0.336 e. The zero-order valence-electron chi connectivity index (χ0n) is 15.6. The molecule has 1 fully saturated rings. The van der Waals surface area contributed by atoms with Crippen molar-refractivity contribution in [3.63, 3.8) is 0 Å². The van der Waals surface area contributed by atoms with Crippen LogP contribution < -0.4 is 5.32 Å². The van der Waals surface area contributed by atoms with E-state index in [1.54, 1.807) is 35.5 Å². The maximum absolute atomic E-state index is 13.1. The van der Waals surface area contributed by atoms with Crippen LogP contribution >= 0.6 is 12.4 Å². The van der Waals surface area contributed by atoms with Crippen molar-refractivity contribution in [2.24, 2.45) is 7.05 Å². The number of nitrogens with zero attached hydrogens (tertiary/aromatic N) is 6. The Labute approximate surface area is 172 Å². The standard InChI is InChI=1S/C18H19N7O3.ClH/c1-22-9-7-20-17(22)16-12-19-6-10-23(16)18(26)15-5-8-24(21-15)13-3-2-4-14(11-13)25(27)28;/h2-5,7-9,11,16,19H,6,10,12H2,1H3;1H. The first-order valence-corrected chi connectivity index (χ1v) is 8.84. The predicted octanol–water partition coefficient (Wildman–Crippen LogP) is 1.72. The Hall–Kier alpha value is -3.24. The molecule has 4 rings (SSSR count). The second-order valence-corrected chi connectivity index (χ2v) is 6.54. The molecule has 1 N–H and O–H groups in total. The molecule has 0 saturated carbocycles. The van der Waals surface area contributed by atoms with Crippen molar-refractivity contribution >= 4 is 24.0 Å². The fraction of sp³-hybridized carbons (Fsp3) is 0.278. The van der Waals surface area contributed by atoms with Gasteiger partial charge in [0.1, 0.15) is 11.9 Å². The molecular formula is C18H20ClN7O3. The summed E-state index contributed by atoms with van der Waals surface area (Å²) >= 11 is 0. The van der Waals surface area contributed by atoms with Crippen molar-refractivity contribution in [3.8, 4) is 5.69 Å². The van der Waals surface area contributed by atoms with Gasteiger partial charge in [-0.25, -0.2) is 9.67 Å². The molecule has 11 heteroatoms. The van der Waals surface area contributed by atoms with Gasteiger partial charge < -0.3 is 14.8 Å². The van der Waals surface area contributed by atoms with Crippen LogP contribution in [0.1, 0.15) is 22.4 Å². The normalized spacial score (nSPS) is 16.3. The van der Waals surface area contributed by atoms with Gasteiger partial charge >= 0.3 is 0 Å². The van der Waals surface area contributed by atoms with E-state index in [4.69, 9.17) is 0 Å². The Balaban J connectivity index is 0.00000240. The molecule has 0 radical (unpaired) electrons. The van der Waals surface area contributed by atoms with E-state index in [0.717, 1.165) is 5.82 Å². The molecule has 0 bridgehead atoms. The molecule has 1 atom stereocenters. The summed E-state index contributed by atoms with van der Waals surface area (Å²) in [7, 11) is 1.90. The number of imidazole rings is 1. The van der Waals surface area contributed by atoms with E-state index in [1.807, 2.05) is 17.8 Å². The number of amides is 1. The lowest BCUT2D eigenvalue weighted by Gasteiger charge is -2.35. The van der Waals surface area contributed by atoms with Gasteiger partial charge in [-0.05, 0) is 12.1 Å². The smallest absolute Gasteiger partial charge is 0.275 e. The Kier molecular flexibility index (Phi) is 5.95. The first-order chi connectivity index (χ1) is 13.5. The summed E-state index contributed by atoms with van der Waals surface area (Å²) in [6, 6.07) is 7.56. The van der Waals surface area contributed by atoms with Crippen LogP contribution in [0.2, 0.25) is 0 Å². The van der Waals surface area contributed by atoms with Gasteiger partial charge in [-0.3, -0.25) is 14.9 Å². The monoisotopic (exact) mass is 417 g/mol. The summed E-state index contributed by atoms with van der Waals surface area (Å²) in [5, 5.41) is 18.6. The Morgan fingerprint density at radius 1 is 1.31 bits per heavy atom. The van der Waals surface area contributed by atoms with Crippen LogP contribution in [0, 0.1) is 10.1 Å². The quantitative estimate of drug-likeness (QED) is 0.511. The molecule has 3 aromatic rings. The third kappa shape index (κ3) is 3.98. The number of benzene rings is 1. The molecule has 1 unspecified atom stereocenters. The Morgan fingerprint density at radius 3 is 2.86 bits per heavy atom. The number of aryl methyl sites for hydroxylation is 1. The molecule has 10 nitrogen and oxygen atoms in total. The lowest BCUT2D eigenvalue weighted by molar-refractivity contribution is -0.384. The van der Waals surface area contributed by atoms with E-state index in [1.165, 1.54) is 16.8 Å². The lowest BCUT2D eigenvalue weighted by atomic mass is 10.1. The first kappa shape index (κ1) is 20.5. The van der Waals surface area contributed by atoms with Crippen LogP contribution in [-0.2, 0) is 7.05 Å². The summed E-state index contributed by atoms with van der Waals surface area (Å²) in [5.74, 6) is 0.609. The van der Waals surface area contributed by atoms with Crippen LogP contribution in [-0.4, -0.2) is 54.7 Å². The van der Waals surface area contributed by atoms with Crippen molar-refractivity contribution in [1.29, 1.82) is 0 Å². The lowest BCUT2D eigenvalue weighted by Crippen LogP contribution is -2.49. The van der Waals surface area contributed by atoms with E-state index < -0.39 is 4.92 Å². The number of halogens is 1. The molecule has 29 heavy (non-hydrogen) atoms. The number of rotatable bonds is 4. The predicted molar refractivity (Wildman–Crippen MR) is 107 cm³/mol. The fourth-order valence-corrected chi connectivity index (χ4v) is 3.35. The number of non-ortho nitro benzene ring substituents is 1. The maximum atomic E-state index is 13.1. The van der Waals surface area contributed by atoms with Crippen molar-refractivity contribution in [3.05, 3.63) is 70.6 Å². The van der Waals surface area contributed by atoms with Gasteiger partial charge in [0, 0.05) is 57.4 Å². The molecule has 0 aliphatic carbocycles. The number of nitro groups is 1. The van der Waals surface area contributed by atoms with E-state index >= 15 is 0 Å². The highest BCUT2D eigenvalue weighted by atomic mass is 35.5. The maximum Gasteiger partial charge on any atom is 0.275 e. The third-order valence-electron chi connectivity index (χ3n) is 4.77. The molecule has 2 aromatic heterocycles. The summed E-state index contributed by atoms with van der Waals surface area (Å²) < 4.78 is 3.37. The van der Waals surface area contributed by atoms with Gasteiger partial charge in [0.05, 0.1) is 10.6 Å². The second-order valence-electron chi connectivity index (χ2n) is 6.54. The number of piperazine rings is 1. The number of carbonyl (C=O) groups is 1. The summed E-state index contributed by atoms with van der Waals surface area (Å²) in [6.45, 7) is 1.85. The van der Waals surface area contributed by atoms with Crippen LogP contribution in [0.3, 0.4) is 0 Å². The van der Waals surface area contributed by atoms with Crippen LogP contribution in [0.25, 0.3) is 5.69 Å². The zero-order chi connectivity index (χ0) is 19.7. The van der Waals surface area contributed by atoms with Gasteiger partial charge in [0.15, 0.2) is 5.69 Å². The molecule has 152 valence electrons. The molecule has 1 saturated heterocycles. The fourth-order valence-electron chi connectivity index (χ4n) is 3.35. The largest absolute Gasteiger partial charge is 0.336 e. The SMILES string of the molecule is Cl.Cn1ccnc1C1CNCCN1C(=O)c1ccn(-c2cccc([N+](=O)[O-])c2)n1. The highest BCUT2D eigenvalue weighted by Crippen LogP contribution is 2.23. The molecule has 3 heterocycles. The second kappa shape index (κ2) is 8.41. The number of aromatic nitrogens is 4. The van der Waals surface area contributed by atoms with E-state index in [9.17, 15) is 14.9 Å². The number of nitrogens with one attached hydrogen (secondary N) is 1. The van der Waals surface area contributed by atoms with Gasteiger partial charge in [-0.1, -0.05) is 6.07 Å². The van der Waals surface area contributed by atoms with Crippen molar-refractivity contribution in [1.82, 2.24) is 29.5 Å². The van der Waals surface area contributed by atoms with Crippen molar-refractivity contribution < 1.29 is 9.72 Å². The minimum absolute atomic E-state index is 0. The van der Waals surface area contributed by atoms with E-state index in [-0.39, 0.29) is 35.7 Å². The van der Waals surface area contributed by atoms with E-state index in [2.05, 4.69) is 15.4 Å². The van der Waals surface area contributed by atoms with Gasteiger partial charge in [-0.15, -0.1) is 12.4 Å². The van der Waals surface area contributed by atoms with Crippen LogP contribution in [0.4, 0.5) is 5.69 Å². The zero-order valence-corrected chi connectivity index (χ0v) is 16.5. The van der Waals surface area contributed by atoms with Crippen LogP contribution in [0.15, 0.2) is 48.9 Å². The number of carbonyl (C=O) groups excluding carboxylic acids is 1.